The maximum absolute atomic E-state index is 5.74. The Morgan fingerprint density at radius 2 is 1.83 bits per heavy atom. The lowest BCUT2D eigenvalue weighted by Gasteiger charge is -2.25. The largest absolute Gasteiger partial charge is 0.497 e. The molecule has 0 bridgehead atoms. The Morgan fingerprint density at radius 1 is 1.22 bits per heavy atom. The third-order valence-electron chi connectivity index (χ3n) is 3.41. The molecule has 0 aliphatic carbocycles. The molecule has 0 aromatic heterocycles. The summed E-state index contributed by atoms with van der Waals surface area (Å²) >= 11 is 0. The Kier molecular flexibility index (Phi) is 5.48. The predicted octanol–water partition coefficient (Wildman–Crippen LogP) is 2.90. The zero-order chi connectivity index (χ0) is 13.6. The van der Waals surface area contributed by atoms with E-state index in [-0.39, 0.29) is 5.41 Å². The molecular weight excluding hydrogens is 224 g/mol. The van der Waals surface area contributed by atoms with Crippen molar-refractivity contribution in [1.82, 2.24) is 0 Å². The standard InChI is InChI=1S/C15H26N2O/c1-15(2,12-16)10-5-11-17(3)13-6-8-14(18-4)9-7-13/h6-9H,5,10-12,16H2,1-4H3. The minimum Gasteiger partial charge on any atom is -0.497 e. The van der Waals surface area contributed by atoms with Crippen LogP contribution in [0.1, 0.15) is 26.7 Å². The van der Waals surface area contributed by atoms with Crippen LogP contribution < -0.4 is 15.4 Å². The first kappa shape index (κ1) is 14.8. The van der Waals surface area contributed by atoms with Gasteiger partial charge in [0.2, 0.25) is 0 Å². The van der Waals surface area contributed by atoms with Gasteiger partial charge in [0.25, 0.3) is 0 Å². The highest BCUT2D eigenvalue weighted by atomic mass is 16.5. The fraction of sp³-hybridized carbons (Fsp3) is 0.600. The van der Waals surface area contributed by atoms with E-state index in [9.17, 15) is 0 Å². The molecule has 0 saturated heterocycles. The summed E-state index contributed by atoms with van der Waals surface area (Å²) in [6, 6.07) is 8.17. The van der Waals surface area contributed by atoms with Gasteiger partial charge < -0.3 is 15.4 Å². The number of hydrogen-bond acceptors (Lipinski definition) is 3. The van der Waals surface area contributed by atoms with Crippen molar-refractivity contribution in [2.75, 3.05) is 32.1 Å². The smallest absolute Gasteiger partial charge is 0.119 e. The molecule has 0 spiro atoms. The van der Waals surface area contributed by atoms with Crippen LogP contribution in [-0.2, 0) is 0 Å². The van der Waals surface area contributed by atoms with Crippen molar-refractivity contribution in [3.05, 3.63) is 24.3 Å². The second-order valence-electron chi connectivity index (χ2n) is 5.59. The molecule has 1 aromatic rings. The Hall–Kier alpha value is -1.22. The van der Waals surface area contributed by atoms with Crippen molar-refractivity contribution >= 4 is 5.69 Å². The molecule has 102 valence electrons. The average Bonchev–Trinajstić information content (AvgIpc) is 2.38. The molecule has 3 nitrogen and oxygen atoms in total. The van der Waals surface area contributed by atoms with E-state index in [1.807, 2.05) is 12.1 Å². The van der Waals surface area contributed by atoms with Gasteiger partial charge in [-0.15, -0.1) is 0 Å². The van der Waals surface area contributed by atoms with Gasteiger partial charge in [-0.1, -0.05) is 13.8 Å². The van der Waals surface area contributed by atoms with Crippen molar-refractivity contribution in [1.29, 1.82) is 0 Å². The summed E-state index contributed by atoms with van der Waals surface area (Å²) in [6.07, 6.45) is 2.32. The van der Waals surface area contributed by atoms with Crippen LogP contribution in [-0.4, -0.2) is 27.2 Å². The normalized spacial score (nSPS) is 11.4. The molecule has 0 saturated carbocycles. The molecule has 18 heavy (non-hydrogen) atoms. The SMILES string of the molecule is COc1ccc(N(C)CCCC(C)(C)CN)cc1. The lowest BCUT2D eigenvalue weighted by molar-refractivity contribution is 0.338. The molecule has 0 radical (unpaired) electrons. The maximum atomic E-state index is 5.74. The minimum absolute atomic E-state index is 0.251. The van der Waals surface area contributed by atoms with Gasteiger partial charge in [0, 0.05) is 19.3 Å². The summed E-state index contributed by atoms with van der Waals surface area (Å²) in [5, 5.41) is 0. The number of rotatable bonds is 7. The van der Waals surface area contributed by atoms with E-state index in [1.165, 1.54) is 5.69 Å². The molecule has 1 aromatic carbocycles. The van der Waals surface area contributed by atoms with Gasteiger partial charge >= 0.3 is 0 Å². The van der Waals surface area contributed by atoms with E-state index in [1.54, 1.807) is 7.11 Å². The molecule has 0 atom stereocenters. The highest BCUT2D eigenvalue weighted by Gasteiger charge is 2.15. The van der Waals surface area contributed by atoms with Gasteiger partial charge in [-0.3, -0.25) is 0 Å². The number of nitrogens with two attached hydrogens (primary N) is 1. The lowest BCUT2D eigenvalue weighted by Crippen LogP contribution is -2.26. The summed E-state index contributed by atoms with van der Waals surface area (Å²) in [4.78, 5) is 2.27. The number of anilines is 1. The zero-order valence-electron chi connectivity index (χ0n) is 12.1. The fourth-order valence-electron chi connectivity index (χ4n) is 1.86. The van der Waals surface area contributed by atoms with Gasteiger partial charge in [0.15, 0.2) is 0 Å². The third-order valence-corrected chi connectivity index (χ3v) is 3.41. The predicted molar refractivity (Wildman–Crippen MR) is 78.3 cm³/mol. The van der Waals surface area contributed by atoms with Crippen molar-refractivity contribution < 1.29 is 4.74 Å². The Balaban J connectivity index is 2.42. The molecule has 3 heteroatoms. The summed E-state index contributed by atoms with van der Waals surface area (Å²) in [5.41, 5.74) is 7.21. The monoisotopic (exact) mass is 250 g/mol. The molecule has 0 unspecified atom stereocenters. The van der Waals surface area contributed by atoms with Crippen LogP contribution in [0.3, 0.4) is 0 Å². The zero-order valence-corrected chi connectivity index (χ0v) is 12.1. The van der Waals surface area contributed by atoms with Gasteiger partial charge in [-0.05, 0) is 49.1 Å². The number of methoxy groups -OCH3 is 1. The summed E-state index contributed by atoms with van der Waals surface area (Å²) in [5.74, 6) is 0.899. The minimum atomic E-state index is 0.251. The van der Waals surface area contributed by atoms with Crippen LogP contribution in [0.25, 0.3) is 0 Å². The molecule has 0 amide bonds. The quantitative estimate of drug-likeness (QED) is 0.808. The van der Waals surface area contributed by atoms with E-state index in [2.05, 4.69) is 37.9 Å². The maximum Gasteiger partial charge on any atom is 0.119 e. The topological polar surface area (TPSA) is 38.5 Å². The Morgan fingerprint density at radius 3 is 2.33 bits per heavy atom. The molecule has 0 aliphatic rings. The average molecular weight is 250 g/mol. The first-order valence-corrected chi connectivity index (χ1v) is 6.54. The molecule has 0 heterocycles. The van der Waals surface area contributed by atoms with E-state index < -0.39 is 0 Å². The van der Waals surface area contributed by atoms with Crippen molar-refractivity contribution in [3.63, 3.8) is 0 Å². The molecule has 0 aliphatic heterocycles. The molecular formula is C15H26N2O. The second-order valence-corrected chi connectivity index (χ2v) is 5.59. The second kappa shape index (κ2) is 6.64. The Labute approximate surface area is 111 Å². The van der Waals surface area contributed by atoms with Crippen molar-refractivity contribution in [2.45, 2.75) is 26.7 Å². The lowest BCUT2D eigenvalue weighted by atomic mass is 9.88. The van der Waals surface area contributed by atoms with E-state index >= 15 is 0 Å². The number of benzene rings is 1. The number of ether oxygens (including phenoxy) is 1. The van der Waals surface area contributed by atoms with Gasteiger partial charge in [0.1, 0.15) is 5.75 Å². The summed E-state index contributed by atoms with van der Waals surface area (Å²) in [6.45, 7) is 6.25. The highest BCUT2D eigenvalue weighted by molar-refractivity contribution is 5.48. The number of nitrogens with zero attached hydrogens (tertiary/aromatic N) is 1. The van der Waals surface area contributed by atoms with Crippen molar-refractivity contribution in [2.24, 2.45) is 11.1 Å². The number of hydrogen-bond donors (Lipinski definition) is 1. The first-order valence-electron chi connectivity index (χ1n) is 6.54. The van der Waals surface area contributed by atoms with E-state index in [4.69, 9.17) is 10.5 Å². The molecule has 1 rings (SSSR count). The van der Waals surface area contributed by atoms with Gasteiger partial charge in [-0.25, -0.2) is 0 Å². The van der Waals surface area contributed by atoms with Crippen LogP contribution in [0.2, 0.25) is 0 Å². The summed E-state index contributed by atoms with van der Waals surface area (Å²) in [7, 11) is 3.81. The molecule has 0 fully saturated rings. The van der Waals surface area contributed by atoms with E-state index in [0.29, 0.717) is 0 Å². The summed E-state index contributed by atoms with van der Waals surface area (Å²) < 4.78 is 5.16. The highest BCUT2D eigenvalue weighted by Crippen LogP contribution is 2.22. The fourth-order valence-corrected chi connectivity index (χ4v) is 1.86. The van der Waals surface area contributed by atoms with Crippen LogP contribution in [0.4, 0.5) is 5.69 Å². The third kappa shape index (κ3) is 4.57. The van der Waals surface area contributed by atoms with Crippen LogP contribution >= 0.6 is 0 Å². The first-order chi connectivity index (χ1) is 8.48. The van der Waals surface area contributed by atoms with Crippen LogP contribution in [0.5, 0.6) is 5.75 Å². The van der Waals surface area contributed by atoms with E-state index in [0.717, 1.165) is 31.7 Å². The van der Waals surface area contributed by atoms with Crippen LogP contribution in [0, 0.1) is 5.41 Å². The molecule has 2 N–H and O–H groups in total. The van der Waals surface area contributed by atoms with Gasteiger partial charge in [-0.2, -0.15) is 0 Å². The van der Waals surface area contributed by atoms with Gasteiger partial charge in [0.05, 0.1) is 7.11 Å². The van der Waals surface area contributed by atoms with Crippen LogP contribution in [0.15, 0.2) is 24.3 Å². The van der Waals surface area contributed by atoms with Crippen molar-refractivity contribution in [3.8, 4) is 5.75 Å². The Bertz CT molecular complexity index is 346.